The predicted octanol–water partition coefficient (Wildman–Crippen LogP) is 2.44. The number of ether oxygens (including phenoxy) is 1. The van der Waals surface area contributed by atoms with Crippen molar-refractivity contribution in [3.8, 4) is 5.75 Å². The predicted molar refractivity (Wildman–Crippen MR) is 61.7 cm³/mol. The molecule has 0 atom stereocenters. The van der Waals surface area contributed by atoms with Gasteiger partial charge in [-0.25, -0.2) is 0 Å². The maximum Gasteiger partial charge on any atom is 0.451 e. The molecule has 0 bridgehead atoms. The van der Waals surface area contributed by atoms with Gasteiger partial charge in [0.2, 0.25) is 11.8 Å². The van der Waals surface area contributed by atoms with Gasteiger partial charge in [-0.05, 0) is 17.7 Å². The van der Waals surface area contributed by atoms with Crippen molar-refractivity contribution in [1.82, 2.24) is 15.2 Å². The molecule has 2 rings (SSSR count). The zero-order valence-electron chi connectivity index (χ0n) is 9.95. The fourth-order valence-corrected chi connectivity index (χ4v) is 1.39. The summed E-state index contributed by atoms with van der Waals surface area (Å²) in [6.07, 6.45) is -4.52. The van der Waals surface area contributed by atoms with Gasteiger partial charge in [-0.1, -0.05) is 12.1 Å². The van der Waals surface area contributed by atoms with Gasteiger partial charge in [0.05, 0.1) is 7.11 Å². The van der Waals surface area contributed by atoms with Crippen molar-refractivity contribution in [2.24, 2.45) is 0 Å². The van der Waals surface area contributed by atoms with Gasteiger partial charge in [0.15, 0.2) is 0 Å². The van der Waals surface area contributed by atoms with Gasteiger partial charge < -0.3 is 10.1 Å². The summed E-state index contributed by atoms with van der Waals surface area (Å²) in [5.74, 6) is -0.506. The van der Waals surface area contributed by atoms with Crippen molar-refractivity contribution in [2.45, 2.75) is 12.7 Å². The fourth-order valence-electron chi connectivity index (χ4n) is 1.39. The number of hydrogen-bond acceptors (Lipinski definition) is 4. The van der Waals surface area contributed by atoms with E-state index in [0.717, 1.165) is 5.56 Å². The normalized spacial score (nSPS) is 11.4. The van der Waals surface area contributed by atoms with Crippen molar-refractivity contribution in [3.63, 3.8) is 0 Å². The summed E-state index contributed by atoms with van der Waals surface area (Å²) in [6.45, 7) is 0.319. The minimum absolute atomic E-state index is 0.0943. The highest BCUT2D eigenvalue weighted by molar-refractivity contribution is 5.31. The molecule has 0 unspecified atom stereocenters. The maximum atomic E-state index is 12.3. The van der Waals surface area contributed by atoms with E-state index in [4.69, 9.17) is 4.74 Å². The smallest absolute Gasteiger partial charge is 0.451 e. The van der Waals surface area contributed by atoms with Gasteiger partial charge >= 0.3 is 6.18 Å². The summed E-state index contributed by atoms with van der Waals surface area (Å²) in [5, 5.41) is 7.97. The van der Waals surface area contributed by atoms with Crippen LogP contribution in [0.3, 0.4) is 0 Å². The Kier molecular flexibility index (Phi) is 3.59. The summed E-state index contributed by atoms with van der Waals surface area (Å²) in [5.41, 5.74) is 0.874. The van der Waals surface area contributed by atoms with Crippen molar-refractivity contribution in [3.05, 3.63) is 35.7 Å². The van der Waals surface area contributed by atoms with Crippen LogP contribution in [0.1, 0.15) is 11.4 Å². The van der Waals surface area contributed by atoms with Gasteiger partial charge in [-0.2, -0.15) is 18.2 Å². The zero-order valence-corrected chi connectivity index (χ0v) is 9.95. The van der Waals surface area contributed by atoms with Gasteiger partial charge in [-0.15, -0.1) is 5.10 Å². The molecule has 0 saturated heterocycles. The summed E-state index contributed by atoms with van der Waals surface area (Å²) >= 11 is 0. The van der Waals surface area contributed by atoms with Gasteiger partial charge in [0, 0.05) is 6.54 Å². The number of aromatic amines is 1. The lowest BCUT2D eigenvalue weighted by Gasteiger charge is -2.04. The maximum absolute atomic E-state index is 12.3. The Bertz CT molecular complexity index is 536. The number of alkyl halides is 3. The van der Waals surface area contributed by atoms with Crippen LogP contribution in [-0.4, -0.2) is 22.3 Å². The van der Waals surface area contributed by atoms with Crippen LogP contribution in [0.25, 0.3) is 0 Å². The number of anilines is 1. The van der Waals surface area contributed by atoms with Crippen LogP contribution in [-0.2, 0) is 12.7 Å². The molecule has 19 heavy (non-hydrogen) atoms. The number of H-pyrrole nitrogens is 1. The molecule has 102 valence electrons. The lowest BCUT2D eigenvalue weighted by Crippen LogP contribution is -2.07. The number of halogens is 3. The van der Waals surface area contributed by atoms with Crippen molar-refractivity contribution < 1.29 is 17.9 Å². The van der Waals surface area contributed by atoms with Crippen LogP contribution in [0.5, 0.6) is 5.75 Å². The second-order valence-corrected chi connectivity index (χ2v) is 3.71. The van der Waals surface area contributed by atoms with E-state index in [0.29, 0.717) is 12.3 Å². The molecule has 0 fully saturated rings. The van der Waals surface area contributed by atoms with Gasteiger partial charge in [0.1, 0.15) is 5.75 Å². The summed E-state index contributed by atoms with van der Waals surface area (Å²) in [6, 6.07) is 7.11. The first-order valence-electron chi connectivity index (χ1n) is 5.35. The highest BCUT2D eigenvalue weighted by atomic mass is 19.4. The van der Waals surface area contributed by atoms with Crippen LogP contribution in [0, 0.1) is 0 Å². The van der Waals surface area contributed by atoms with E-state index in [2.05, 4.69) is 15.4 Å². The Morgan fingerprint density at radius 1 is 1.26 bits per heavy atom. The monoisotopic (exact) mass is 272 g/mol. The minimum atomic E-state index is -4.52. The number of methoxy groups -OCH3 is 1. The van der Waals surface area contributed by atoms with Crippen molar-refractivity contribution in [2.75, 3.05) is 12.4 Å². The van der Waals surface area contributed by atoms with Crippen LogP contribution in [0.15, 0.2) is 24.3 Å². The van der Waals surface area contributed by atoms with E-state index in [1.165, 1.54) is 0 Å². The quantitative estimate of drug-likeness (QED) is 0.897. The summed E-state index contributed by atoms with van der Waals surface area (Å²) in [4.78, 5) is 3.30. The Labute approximate surface area is 106 Å². The average molecular weight is 272 g/mol. The molecular weight excluding hydrogens is 261 g/mol. The molecule has 0 aliphatic heterocycles. The zero-order chi connectivity index (χ0) is 13.9. The second-order valence-electron chi connectivity index (χ2n) is 3.71. The molecule has 2 N–H and O–H groups in total. The largest absolute Gasteiger partial charge is 0.497 e. The lowest BCUT2D eigenvalue weighted by atomic mass is 10.2. The third-order valence-corrected chi connectivity index (χ3v) is 2.36. The lowest BCUT2D eigenvalue weighted by molar-refractivity contribution is -0.144. The van der Waals surface area contributed by atoms with Crippen molar-refractivity contribution >= 4 is 5.95 Å². The molecule has 0 aliphatic carbocycles. The molecule has 0 aliphatic rings. The number of benzene rings is 1. The fraction of sp³-hybridized carbons (Fsp3) is 0.273. The van der Waals surface area contributed by atoms with Crippen LogP contribution in [0.4, 0.5) is 19.1 Å². The first-order chi connectivity index (χ1) is 8.99. The molecular formula is C11H11F3N4O. The number of rotatable bonds is 4. The van der Waals surface area contributed by atoms with Crippen LogP contribution >= 0.6 is 0 Å². The molecule has 5 nitrogen and oxygen atoms in total. The number of aromatic nitrogens is 3. The molecule has 0 saturated carbocycles. The molecule has 1 heterocycles. The number of nitrogens with zero attached hydrogens (tertiary/aromatic N) is 2. The van der Waals surface area contributed by atoms with E-state index in [-0.39, 0.29) is 5.95 Å². The van der Waals surface area contributed by atoms with Crippen LogP contribution in [0.2, 0.25) is 0 Å². The van der Waals surface area contributed by atoms with Crippen molar-refractivity contribution in [1.29, 1.82) is 0 Å². The summed E-state index contributed by atoms with van der Waals surface area (Å²) in [7, 11) is 1.56. The summed E-state index contributed by atoms with van der Waals surface area (Å²) < 4.78 is 41.8. The molecule has 1 aromatic heterocycles. The highest BCUT2D eigenvalue weighted by Gasteiger charge is 2.35. The molecule has 1 aromatic carbocycles. The van der Waals surface area contributed by atoms with E-state index >= 15 is 0 Å². The number of nitrogens with one attached hydrogen (secondary N) is 2. The first kappa shape index (κ1) is 13.2. The van der Waals surface area contributed by atoms with E-state index in [1.54, 1.807) is 31.4 Å². The first-order valence-corrected chi connectivity index (χ1v) is 5.35. The Hall–Kier alpha value is -2.25. The highest BCUT2D eigenvalue weighted by Crippen LogP contribution is 2.26. The third-order valence-electron chi connectivity index (χ3n) is 2.36. The Morgan fingerprint density at radius 2 is 1.95 bits per heavy atom. The molecule has 0 amide bonds. The molecule has 8 heteroatoms. The SMILES string of the molecule is COc1ccc(CNc2n[nH]c(C(F)(F)F)n2)cc1. The Morgan fingerprint density at radius 3 is 2.47 bits per heavy atom. The standard InChI is InChI=1S/C11H11F3N4O/c1-19-8-4-2-7(3-5-8)6-15-10-16-9(17-18-10)11(12,13)14/h2-5H,6H2,1H3,(H2,15,16,17,18). The second kappa shape index (κ2) is 5.17. The molecule has 2 aromatic rings. The minimum Gasteiger partial charge on any atom is -0.497 e. The van der Waals surface area contributed by atoms with Gasteiger partial charge in [0.25, 0.3) is 0 Å². The molecule has 0 radical (unpaired) electrons. The van der Waals surface area contributed by atoms with E-state index in [1.807, 2.05) is 5.10 Å². The molecule has 0 spiro atoms. The van der Waals surface area contributed by atoms with E-state index < -0.39 is 12.0 Å². The average Bonchev–Trinajstić information content (AvgIpc) is 2.86. The van der Waals surface area contributed by atoms with Crippen LogP contribution < -0.4 is 10.1 Å². The van der Waals surface area contributed by atoms with E-state index in [9.17, 15) is 13.2 Å². The number of hydrogen-bond donors (Lipinski definition) is 2. The third kappa shape index (κ3) is 3.36. The topological polar surface area (TPSA) is 62.8 Å². The van der Waals surface area contributed by atoms with Gasteiger partial charge in [-0.3, -0.25) is 5.10 Å². The Balaban J connectivity index is 1.96.